The minimum atomic E-state index is -0.785. The molecule has 7 heteroatoms. The minimum absolute atomic E-state index is 0.109. The maximum Gasteiger partial charge on any atom is 0.279 e. The Labute approximate surface area is 164 Å². The highest BCUT2D eigenvalue weighted by molar-refractivity contribution is 5.97. The molecule has 28 heavy (non-hydrogen) atoms. The standard InChI is InChI=1S/C21H25N3O4/c1-5-18(25)22-17-11-9-16(10-12-17)21(27)24-23-20(26)15(4)28-19-13(2)7-6-8-14(19)3/h6-12,15H,5H2,1-4H3,(H,22,25)(H,23,26)(H,24,27)/t15-/m0/s1. The van der Waals surface area contributed by atoms with Gasteiger partial charge in [0.1, 0.15) is 5.75 Å². The molecule has 0 aliphatic carbocycles. The fourth-order valence-corrected chi connectivity index (χ4v) is 2.46. The van der Waals surface area contributed by atoms with E-state index in [1.165, 1.54) is 0 Å². The van der Waals surface area contributed by atoms with Crippen LogP contribution in [0.25, 0.3) is 0 Å². The van der Waals surface area contributed by atoms with Crippen LogP contribution in [0.3, 0.4) is 0 Å². The summed E-state index contributed by atoms with van der Waals surface area (Å²) in [5.74, 6) is -0.396. The number of aryl methyl sites for hydroxylation is 2. The van der Waals surface area contributed by atoms with Crippen molar-refractivity contribution in [3.63, 3.8) is 0 Å². The van der Waals surface area contributed by atoms with Crippen LogP contribution in [0.1, 0.15) is 41.8 Å². The second-order valence-electron chi connectivity index (χ2n) is 6.40. The summed E-state index contributed by atoms with van der Waals surface area (Å²) in [6.45, 7) is 7.17. The largest absolute Gasteiger partial charge is 0.480 e. The highest BCUT2D eigenvalue weighted by atomic mass is 16.5. The lowest BCUT2D eigenvalue weighted by atomic mass is 10.1. The number of rotatable bonds is 6. The summed E-state index contributed by atoms with van der Waals surface area (Å²) in [6, 6.07) is 12.1. The topological polar surface area (TPSA) is 96.5 Å². The number of anilines is 1. The van der Waals surface area contributed by atoms with Crippen LogP contribution in [0.2, 0.25) is 0 Å². The molecule has 2 aromatic carbocycles. The number of carbonyl (C=O) groups is 3. The van der Waals surface area contributed by atoms with E-state index in [0.29, 0.717) is 23.4 Å². The maximum atomic E-state index is 12.2. The van der Waals surface area contributed by atoms with E-state index in [1.54, 1.807) is 38.1 Å². The number of carbonyl (C=O) groups excluding carboxylic acids is 3. The first-order valence-electron chi connectivity index (χ1n) is 9.04. The Morgan fingerprint density at radius 3 is 2.14 bits per heavy atom. The lowest BCUT2D eigenvalue weighted by Gasteiger charge is -2.18. The van der Waals surface area contributed by atoms with Gasteiger partial charge in [-0.3, -0.25) is 25.2 Å². The van der Waals surface area contributed by atoms with Gasteiger partial charge in [0.15, 0.2) is 6.10 Å². The van der Waals surface area contributed by atoms with Crippen LogP contribution in [-0.4, -0.2) is 23.8 Å². The summed E-state index contributed by atoms with van der Waals surface area (Å²) in [5, 5.41) is 2.70. The molecule has 2 rings (SSSR count). The molecule has 0 spiro atoms. The van der Waals surface area contributed by atoms with E-state index >= 15 is 0 Å². The van der Waals surface area contributed by atoms with E-state index < -0.39 is 17.9 Å². The first kappa shape index (κ1) is 21.0. The molecular weight excluding hydrogens is 358 g/mol. The van der Waals surface area contributed by atoms with E-state index in [9.17, 15) is 14.4 Å². The van der Waals surface area contributed by atoms with Gasteiger partial charge in [-0.25, -0.2) is 0 Å². The molecule has 148 valence electrons. The van der Waals surface area contributed by atoms with Gasteiger partial charge in [-0.15, -0.1) is 0 Å². The predicted molar refractivity (Wildman–Crippen MR) is 107 cm³/mol. The Morgan fingerprint density at radius 2 is 1.57 bits per heavy atom. The molecule has 0 radical (unpaired) electrons. The Morgan fingerprint density at radius 1 is 0.964 bits per heavy atom. The van der Waals surface area contributed by atoms with Crippen molar-refractivity contribution in [2.75, 3.05) is 5.32 Å². The summed E-state index contributed by atoms with van der Waals surface area (Å²) in [7, 11) is 0. The second kappa shape index (κ2) is 9.55. The van der Waals surface area contributed by atoms with Crippen molar-refractivity contribution in [3.8, 4) is 5.75 Å². The number of hydrogen-bond donors (Lipinski definition) is 3. The Hall–Kier alpha value is -3.35. The third kappa shape index (κ3) is 5.57. The van der Waals surface area contributed by atoms with E-state index in [1.807, 2.05) is 32.0 Å². The average molecular weight is 383 g/mol. The van der Waals surface area contributed by atoms with Gasteiger partial charge < -0.3 is 10.1 Å². The van der Waals surface area contributed by atoms with Crippen molar-refractivity contribution in [1.29, 1.82) is 0 Å². The van der Waals surface area contributed by atoms with Gasteiger partial charge in [0.25, 0.3) is 11.8 Å². The Bertz CT molecular complexity index is 842. The molecule has 0 aromatic heterocycles. The lowest BCUT2D eigenvalue weighted by molar-refractivity contribution is -0.128. The summed E-state index contributed by atoms with van der Waals surface area (Å²) in [4.78, 5) is 35.8. The third-order valence-corrected chi connectivity index (χ3v) is 4.12. The number of nitrogens with one attached hydrogen (secondary N) is 3. The maximum absolute atomic E-state index is 12.2. The van der Waals surface area contributed by atoms with Crippen LogP contribution in [-0.2, 0) is 9.59 Å². The molecule has 3 amide bonds. The van der Waals surface area contributed by atoms with E-state index in [2.05, 4.69) is 16.2 Å². The van der Waals surface area contributed by atoms with Gasteiger partial charge in [0.2, 0.25) is 5.91 Å². The molecule has 0 saturated carbocycles. The first-order valence-corrected chi connectivity index (χ1v) is 9.04. The van der Waals surface area contributed by atoms with Crippen molar-refractivity contribution in [1.82, 2.24) is 10.9 Å². The van der Waals surface area contributed by atoms with Crippen LogP contribution in [0.15, 0.2) is 42.5 Å². The molecule has 0 aliphatic heterocycles. The summed E-state index contributed by atoms with van der Waals surface area (Å²) in [5.41, 5.74) is 7.53. The SMILES string of the molecule is CCC(=O)Nc1ccc(C(=O)NNC(=O)[C@H](C)Oc2c(C)cccc2C)cc1. The van der Waals surface area contributed by atoms with Crippen LogP contribution in [0.5, 0.6) is 5.75 Å². The van der Waals surface area contributed by atoms with Gasteiger partial charge in [0, 0.05) is 17.7 Å². The van der Waals surface area contributed by atoms with Gasteiger partial charge in [-0.1, -0.05) is 25.1 Å². The average Bonchev–Trinajstić information content (AvgIpc) is 2.69. The number of para-hydroxylation sites is 1. The van der Waals surface area contributed by atoms with Gasteiger partial charge in [-0.05, 0) is 56.2 Å². The molecule has 0 fully saturated rings. The number of benzene rings is 2. The summed E-state index contributed by atoms with van der Waals surface area (Å²) < 4.78 is 5.74. The quantitative estimate of drug-likeness (QED) is 0.668. The Kier molecular flexibility index (Phi) is 7.14. The molecule has 2 aromatic rings. The molecule has 0 bridgehead atoms. The van der Waals surface area contributed by atoms with Crippen LogP contribution < -0.4 is 20.9 Å². The molecular formula is C21H25N3O4. The molecule has 7 nitrogen and oxygen atoms in total. The predicted octanol–water partition coefficient (Wildman–Crippen LogP) is 2.88. The summed E-state index contributed by atoms with van der Waals surface area (Å²) in [6.07, 6.45) is -0.414. The highest BCUT2D eigenvalue weighted by Crippen LogP contribution is 2.23. The zero-order chi connectivity index (χ0) is 20.7. The van der Waals surface area contributed by atoms with Gasteiger partial charge in [0.05, 0.1) is 0 Å². The Balaban J connectivity index is 1.89. The van der Waals surface area contributed by atoms with Crippen molar-refractivity contribution in [2.24, 2.45) is 0 Å². The van der Waals surface area contributed by atoms with Crippen LogP contribution in [0, 0.1) is 13.8 Å². The number of ether oxygens (including phenoxy) is 1. The fourth-order valence-electron chi connectivity index (χ4n) is 2.46. The zero-order valence-corrected chi connectivity index (χ0v) is 16.5. The van der Waals surface area contributed by atoms with Crippen molar-refractivity contribution in [3.05, 3.63) is 59.2 Å². The monoisotopic (exact) mass is 383 g/mol. The first-order chi connectivity index (χ1) is 13.3. The number of hydrazine groups is 1. The lowest BCUT2D eigenvalue weighted by Crippen LogP contribution is -2.47. The molecule has 0 heterocycles. The van der Waals surface area contributed by atoms with Crippen molar-refractivity contribution >= 4 is 23.4 Å². The van der Waals surface area contributed by atoms with Crippen molar-refractivity contribution in [2.45, 2.75) is 40.2 Å². The molecule has 0 aliphatic rings. The van der Waals surface area contributed by atoms with Gasteiger partial charge in [-0.2, -0.15) is 0 Å². The minimum Gasteiger partial charge on any atom is -0.480 e. The van der Waals surface area contributed by atoms with E-state index in [4.69, 9.17) is 4.74 Å². The number of hydrogen-bond acceptors (Lipinski definition) is 4. The van der Waals surface area contributed by atoms with Gasteiger partial charge >= 0.3 is 0 Å². The smallest absolute Gasteiger partial charge is 0.279 e. The number of amides is 3. The van der Waals surface area contributed by atoms with Crippen LogP contribution >= 0.6 is 0 Å². The van der Waals surface area contributed by atoms with Crippen LogP contribution in [0.4, 0.5) is 5.69 Å². The fraction of sp³-hybridized carbons (Fsp3) is 0.286. The highest BCUT2D eigenvalue weighted by Gasteiger charge is 2.17. The zero-order valence-electron chi connectivity index (χ0n) is 16.5. The molecule has 0 saturated heterocycles. The van der Waals surface area contributed by atoms with E-state index in [-0.39, 0.29) is 5.91 Å². The summed E-state index contributed by atoms with van der Waals surface area (Å²) >= 11 is 0. The van der Waals surface area contributed by atoms with Crippen molar-refractivity contribution < 1.29 is 19.1 Å². The normalized spacial score (nSPS) is 11.3. The van der Waals surface area contributed by atoms with E-state index in [0.717, 1.165) is 11.1 Å². The molecule has 0 unspecified atom stereocenters. The second-order valence-corrected chi connectivity index (χ2v) is 6.40. The molecule has 1 atom stereocenters. The molecule has 3 N–H and O–H groups in total. The third-order valence-electron chi connectivity index (χ3n) is 4.12.